The Morgan fingerprint density at radius 3 is 2.20 bits per heavy atom. The van der Waals surface area contributed by atoms with Crippen molar-refractivity contribution in [2.24, 2.45) is 11.1 Å². The van der Waals surface area contributed by atoms with E-state index in [9.17, 15) is 21.6 Å². The number of hydrogen-bond donors (Lipinski definition) is 2. The SMILES string of the molecule is CC(C)Cc1ccc(N)c(S(N)(=O)=O)c1-c1ccccc1C(F)(F)F. The summed E-state index contributed by atoms with van der Waals surface area (Å²) >= 11 is 0. The number of primary sulfonamides is 1. The van der Waals surface area contributed by atoms with E-state index in [4.69, 9.17) is 10.9 Å². The summed E-state index contributed by atoms with van der Waals surface area (Å²) in [5.74, 6) is 0.0914. The van der Waals surface area contributed by atoms with Gasteiger partial charge in [0.05, 0.1) is 11.3 Å². The molecule has 136 valence electrons. The molecule has 4 N–H and O–H groups in total. The summed E-state index contributed by atoms with van der Waals surface area (Å²) in [6.45, 7) is 3.76. The van der Waals surface area contributed by atoms with Gasteiger partial charge in [-0.05, 0) is 35.6 Å². The highest BCUT2D eigenvalue weighted by Gasteiger charge is 2.35. The maximum absolute atomic E-state index is 13.4. The van der Waals surface area contributed by atoms with Gasteiger partial charge in [-0.15, -0.1) is 0 Å². The van der Waals surface area contributed by atoms with Gasteiger partial charge in [-0.25, -0.2) is 13.6 Å². The zero-order chi connectivity index (χ0) is 19.0. The normalized spacial score (nSPS) is 12.6. The fourth-order valence-electron chi connectivity index (χ4n) is 2.80. The Bertz CT molecular complexity index is 891. The predicted molar refractivity (Wildman–Crippen MR) is 91.2 cm³/mol. The Morgan fingerprint density at radius 1 is 1.08 bits per heavy atom. The number of nitrogen functional groups attached to an aromatic ring is 1. The number of anilines is 1. The van der Waals surface area contributed by atoms with Gasteiger partial charge >= 0.3 is 6.18 Å². The molecule has 0 aliphatic rings. The lowest BCUT2D eigenvalue weighted by Gasteiger charge is -2.20. The Morgan fingerprint density at radius 2 is 1.68 bits per heavy atom. The molecule has 0 atom stereocenters. The van der Waals surface area contributed by atoms with Crippen LogP contribution in [0.2, 0.25) is 0 Å². The first-order valence-electron chi connectivity index (χ1n) is 7.53. The molecule has 25 heavy (non-hydrogen) atoms. The topological polar surface area (TPSA) is 86.2 Å². The fraction of sp³-hybridized carbons (Fsp3) is 0.294. The summed E-state index contributed by atoms with van der Waals surface area (Å²) in [5, 5.41) is 5.27. The number of hydrogen-bond acceptors (Lipinski definition) is 3. The van der Waals surface area contributed by atoms with Crippen molar-refractivity contribution in [3.63, 3.8) is 0 Å². The molecule has 0 bridgehead atoms. The molecule has 0 aliphatic carbocycles. The van der Waals surface area contributed by atoms with Crippen LogP contribution in [0.3, 0.4) is 0 Å². The minimum absolute atomic E-state index is 0.0795. The standard InChI is InChI=1S/C17H19F3N2O2S/c1-10(2)9-11-7-8-14(21)16(25(22,23)24)15(11)12-5-3-4-6-13(12)17(18,19)20/h3-8,10H,9,21H2,1-2H3,(H2,22,23,24). The fourth-order valence-corrected chi connectivity index (χ4v) is 3.72. The minimum Gasteiger partial charge on any atom is -0.398 e. The zero-order valence-corrected chi connectivity index (χ0v) is 14.6. The number of benzene rings is 2. The maximum Gasteiger partial charge on any atom is 0.417 e. The Labute approximate surface area is 144 Å². The van der Waals surface area contributed by atoms with Crippen LogP contribution in [0.4, 0.5) is 18.9 Å². The summed E-state index contributed by atoms with van der Waals surface area (Å²) in [4.78, 5) is -0.470. The van der Waals surface area contributed by atoms with Crippen LogP contribution in [0, 0.1) is 5.92 Å². The molecule has 0 radical (unpaired) electrons. The van der Waals surface area contributed by atoms with Gasteiger partial charge in [0.25, 0.3) is 0 Å². The molecule has 0 spiro atoms. The maximum atomic E-state index is 13.4. The van der Waals surface area contributed by atoms with Gasteiger partial charge in [0, 0.05) is 5.56 Å². The van der Waals surface area contributed by atoms with E-state index in [1.165, 1.54) is 24.3 Å². The van der Waals surface area contributed by atoms with Crippen molar-refractivity contribution in [1.29, 1.82) is 0 Å². The van der Waals surface area contributed by atoms with E-state index in [1.807, 2.05) is 13.8 Å². The molecule has 0 heterocycles. The lowest BCUT2D eigenvalue weighted by Crippen LogP contribution is -2.18. The van der Waals surface area contributed by atoms with Crippen LogP contribution in [-0.4, -0.2) is 8.42 Å². The molecule has 0 saturated carbocycles. The number of sulfonamides is 1. The van der Waals surface area contributed by atoms with Gasteiger partial charge in [0.1, 0.15) is 4.90 Å². The van der Waals surface area contributed by atoms with Gasteiger partial charge in [-0.2, -0.15) is 13.2 Å². The lowest BCUT2D eigenvalue weighted by molar-refractivity contribution is -0.137. The van der Waals surface area contributed by atoms with Gasteiger partial charge in [-0.3, -0.25) is 0 Å². The van der Waals surface area contributed by atoms with Crippen LogP contribution in [0.5, 0.6) is 0 Å². The molecule has 4 nitrogen and oxygen atoms in total. The summed E-state index contributed by atoms with van der Waals surface area (Å²) in [6, 6.07) is 7.71. The van der Waals surface area contributed by atoms with Crippen molar-refractivity contribution in [3.8, 4) is 11.1 Å². The second-order valence-electron chi connectivity index (χ2n) is 6.20. The second kappa shape index (κ2) is 6.68. The lowest BCUT2D eigenvalue weighted by atomic mass is 9.90. The zero-order valence-electron chi connectivity index (χ0n) is 13.8. The highest BCUT2D eigenvalue weighted by atomic mass is 32.2. The summed E-state index contributed by atoms with van der Waals surface area (Å²) in [7, 11) is -4.33. The van der Waals surface area contributed by atoms with Crippen molar-refractivity contribution < 1.29 is 21.6 Å². The van der Waals surface area contributed by atoms with Crippen molar-refractivity contribution >= 4 is 15.7 Å². The number of nitrogens with two attached hydrogens (primary N) is 2. The molecule has 8 heteroatoms. The minimum atomic E-state index is -4.65. The molecule has 0 amide bonds. The molecule has 0 saturated heterocycles. The van der Waals surface area contributed by atoms with Gasteiger partial charge < -0.3 is 5.73 Å². The third kappa shape index (κ3) is 4.13. The molecular formula is C17H19F3N2O2S. The number of alkyl halides is 3. The second-order valence-corrected chi connectivity index (χ2v) is 7.70. The quantitative estimate of drug-likeness (QED) is 0.801. The van der Waals surface area contributed by atoms with E-state index >= 15 is 0 Å². The van der Waals surface area contributed by atoms with Crippen LogP contribution in [-0.2, 0) is 22.6 Å². The van der Waals surface area contributed by atoms with Crippen molar-refractivity contribution in [1.82, 2.24) is 0 Å². The van der Waals surface area contributed by atoms with Crippen LogP contribution >= 0.6 is 0 Å². The molecule has 2 aromatic rings. The Balaban J connectivity index is 2.96. The smallest absolute Gasteiger partial charge is 0.398 e. The van der Waals surface area contributed by atoms with Crippen LogP contribution in [0.1, 0.15) is 25.0 Å². The first-order valence-corrected chi connectivity index (χ1v) is 9.08. The molecule has 2 rings (SSSR count). The van der Waals surface area contributed by atoms with Crippen LogP contribution in [0.15, 0.2) is 41.3 Å². The number of rotatable bonds is 4. The largest absolute Gasteiger partial charge is 0.417 e. The molecule has 0 fully saturated rings. The van der Waals surface area contributed by atoms with Crippen molar-refractivity contribution in [2.45, 2.75) is 31.3 Å². The summed E-state index contributed by atoms with van der Waals surface area (Å²) in [6.07, 6.45) is -4.27. The van der Waals surface area contributed by atoms with Crippen molar-refractivity contribution in [2.75, 3.05) is 5.73 Å². The molecule has 0 unspecified atom stereocenters. The van der Waals surface area contributed by atoms with Gasteiger partial charge in [0.15, 0.2) is 0 Å². The third-order valence-corrected chi connectivity index (χ3v) is 4.70. The summed E-state index contributed by atoms with van der Waals surface area (Å²) in [5.41, 5.74) is 4.77. The molecular weight excluding hydrogens is 353 g/mol. The predicted octanol–water partition coefficient (Wildman–Crippen LogP) is 3.80. The first-order chi connectivity index (χ1) is 11.4. The molecule has 0 aliphatic heterocycles. The Kier molecular flexibility index (Phi) is 5.15. The monoisotopic (exact) mass is 372 g/mol. The molecule has 2 aromatic carbocycles. The average Bonchev–Trinajstić information content (AvgIpc) is 2.46. The van der Waals surface area contributed by atoms with E-state index in [-0.39, 0.29) is 22.7 Å². The van der Waals surface area contributed by atoms with Crippen LogP contribution < -0.4 is 10.9 Å². The van der Waals surface area contributed by atoms with E-state index in [0.29, 0.717) is 12.0 Å². The Hall–Kier alpha value is -2.06. The first kappa shape index (κ1) is 19.3. The summed E-state index contributed by atoms with van der Waals surface area (Å²) < 4.78 is 64.5. The van der Waals surface area contributed by atoms with Crippen molar-refractivity contribution in [3.05, 3.63) is 47.5 Å². The van der Waals surface area contributed by atoms with E-state index in [2.05, 4.69) is 0 Å². The molecule has 0 aromatic heterocycles. The third-order valence-electron chi connectivity index (χ3n) is 3.69. The van der Waals surface area contributed by atoms with Gasteiger partial charge in [-0.1, -0.05) is 38.1 Å². The van der Waals surface area contributed by atoms with E-state index in [0.717, 1.165) is 6.07 Å². The highest BCUT2D eigenvalue weighted by Crippen LogP contribution is 2.42. The average molecular weight is 372 g/mol. The highest BCUT2D eigenvalue weighted by molar-refractivity contribution is 7.89. The van der Waals surface area contributed by atoms with Gasteiger partial charge in [0.2, 0.25) is 10.0 Å². The van der Waals surface area contributed by atoms with E-state index in [1.54, 1.807) is 6.07 Å². The van der Waals surface area contributed by atoms with E-state index < -0.39 is 26.7 Å². The van der Waals surface area contributed by atoms with Crippen LogP contribution in [0.25, 0.3) is 11.1 Å². The number of halogens is 3.